The number of rotatable bonds is 2. The number of hydrogen-bond acceptors (Lipinski definition) is 5. The molecule has 0 spiro atoms. The lowest BCUT2D eigenvalue weighted by molar-refractivity contribution is -0.151. The quantitative estimate of drug-likeness (QED) is 0.606. The van der Waals surface area contributed by atoms with Crippen LogP contribution >= 0.6 is 11.8 Å². The summed E-state index contributed by atoms with van der Waals surface area (Å²) in [6.45, 7) is 0. The summed E-state index contributed by atoms with van der Waals surface area (Å²) in [4.78, 5) is 22.6. The molecule has 0 saturated carbocycles. The number of phenolic OH excluding ortho intramolecular Hbond substituents is 1. The lowest BCUT2D eigenvalue weighted by Gasteiger charge is -2.05. The highest BCUT2D eigenvalue weighted by molar-refractivity contribution is 8.00. The van der Waals surface area contributed by atoms with Gasteiger partial charge >= 0.3 is 11.9 Å². The van der Waals surface area contributed by atoms with Crippen molar-refractivity contribution in [2.45, 2.75) is 16.6 Å². The molecule has 4 nitrogen and oxygen atoms in total. The van der Waals surface area contributed by atoms with Crippen LogP contribution in [0.4, 0.5) is 0 Å². The predicted octanol–water partition coefficient (Wildman–Crippen LogP) is 1.33. The second-order valence-corrected chi connectivity index (χ2v) is 4.32. The number of carbonyl (C=O) groups is 2. The molecule has 5 heteroatoms. The fraction of sp³-hybridized carbons (Fsp3) is 0.200. The molecule has 0 radical (unpaired) electrons. The molecular weight excluding hydrogens is 216 g/mol. The predicted molar refractivity (Wildman–Crippen MR) is 53.5 cm³/mol. The highest BCUT2D eigenvalue weighted by Gasteiger charge is 2.34. The third-order valence-electron chi connectivity index (χ3n) is 1.96. The number of benzene rings is 1. The second-order valence-electron chi connectivity index (χ2n) is 3.07. The van der Waals surface area contributed by atoms with Gasteiger partial charge in [-0.1, -0.05) is 12.1 Å². The van der Waals surface area contributed by atoms with Crippen LogP contribution < -0.4 is 0 Å². The first-order valence-corrected chi connectivity index (χ1v) is 5.24. The molecule has 15 heavy (non-hydrogen) atoms. The van der Waals surface area contributed by atoms with Crippen molar-refractivity contribution in [3.05, 3.63) is 24.3 Å². The van der Waals surface area contributed by atoms with E-state index in [9.17, 15) is 14.7 Å². The van der Waals surface area contributed by atoms with E-state index >= 15 is 0 Å². The fourth-order valence-electron chi connectivity index (χ4n) is 1.25. The number of phenols is 1. The first kappa shape index (κ1) is 10.0. The van der Waals surface area contributed by atoms with E-state index in [2.05, 4.69) is 4.74 Å². The lowest BCUT2D eigenvalue weighted by atomic mass is 10.3. The summed E-state index contributed by atoms with van der Waals surface area (Å²) in [6.07, 6.45) is 0.0673. The van der Waals surface area contributed by atoms with Crippen LogP contribution in [0.15, 0.2) is 29.2 Å². The summed E-state index contributed by atoms with van der Waals surface area (Å²) >= 11 is 1.14. The molecule has 1 aliphatic heterocycles. The molecule has 0 amide bonds. The zero-order valence-electron chi connectivity index (χ0n) is 7.67. The van der Waals surface area contributed by atoms with Crippen molar-refractivity contribution in [2.75, 3.05) is 0 Å². The van der Waals surface area contributed by atoms with E-state index in [1.54, 1.807) is 18.2 Å². The summed E-state index contributed by atoms with van der Waals surface area (Å²) in [6, 6.07) is 6.67. The number of aromatic hydroxyl groups is 1. The number of ether oxygens (including phenoxy) is 1. The molecule has 1 fully saturated rings. The third kappa shape index (κ3) is 2.12. The van der Waals surface area contributed by atoms with E-state index in [4.69, 9.17) is 0 Å². The van der Waals surface area contributed by atoms with Crippen molar-refractivity contribution in [3.8, 4) is 5.75 Å². The van der Waals surface area contributed by atoms with Gasteiger partial charge in [0, 0.05) is 4.90 Å². The van der Waals surface area contributed by atoms with Gasteiger partial charge in [-0.3, -0.25) is 9.59 Å². The van der Waals surface area contributed by atoms with Crippen molar-refractivity contribution in [3.63, 3.8) is 0 Å². The molecule has 1 aromatic rings. The van der Waals surface area contributed by atoms with Gasteiger partial charge in [-0.05, 0) is 12.1 Å². The van der Waals surface area contributed by atoms with Gasteiger partial charge in [0.25, 0.3) is 0 Å². The van der Waals surface area contributed by atoms with E-state index in [0.717, 1.165) is 11.8 Å². The molecule has 1 saturated heterocycles. The van der Waals surface area contributed by atoms with E-state index in [0.29, 0.717) is 4.90 Å². The van der Waals surface area contributed by atoms with Crippen LogP contribution in [0, 0.1) is 0 Å². The lowest BCUT2D eigenvalue weighted by Crippen LogP contribution is -2.09. The van der Waals surface area contributed by atoms with E-state index < -0.39 is 17.2 Å². The first-order valence-electron chi connectivity index (χ1n) is 4.36. The van der Waals surface area contributed by atoms with Gasteiger partial charge in [-0.25, -0.2) is 0 Å². The summed E-state index contributed by atoms with van der Waals surface area (Å²) in [7, 11) is 0. The molecule has 1 aromatic carbocycles. The van der Waals surface area contributed by atoms with Crippen LogP contribution in [0.1, 0.15) is 6.42 Å². The zero-order valence-corrected chi connectivity index (χ0v) is 8.49. The smallest absolute Gasteiger partial charge is 0.327 e. The van der Waals surface area contributed by atoms with Crippen molar-refractivity contribution >= 4 is 23.7 Å². The van der Waals surface area contributed by atoms with Crippen LogP contribution in [0.25, 0.3) is 0 Å². The molecule has 2 rings (SSSR count). The first-order chi connectivity index (χ1) is 7.16. The Kier molecular flexibility index (Phi) is 2.64. The second kappa shape index (κ2) is 3.94. The minimum Gasteiger partial charge on any atom is -0.507 e. The Morgan fingerprint density at radius 2 is 2.07 bits per heavy atom. The maximum absolute atomic E-state index is 11.2. The fourth-order valence-corrected chi connectivity index (χ4v) is 2.27. The minimum atomic E-state index is -0.536. The Morgan fingerprint density at radius 1 is 1.33 bits per heavy atom. The summed E-state index contributed by atoms with van der Waals surface area (Å²) in [5, 5.41) is 8.93. The largest absolute Gasteiger partial charge is 0.507 e. The number of hydrogen-bond donors (Lipinski definition) is 1. The molecule has 1 aliphatic rings. The van der Waals surface area contributed by atoms with Crippen LogP contribution in [0.2, 0.25) is 0 Å². The molecule has 78 valence electrons. The molecule has 1 atom stereocenters. The van der Waals surface area contributed by atoms with Gasteiger partial charge in [-0.15, -0.1) is 11.8 Å². The average Bonchev–Trinajstić information content (AvgIpc) is 2.49. The molecule has 1 heterocycles. The van der Waals surface area contributed by atoms with Crippen LogP contribution in [0.5, 0.6) is 5.75 Å². The SMILES string of the molecule is O=C1CC(Sc2ccccc2O)C(=O)O1. The standard InChI is InChI=1S/C10H8O4S/c11-6-3-1-2-4-7(6)15-8-5-9(12)14-10(8)13/h1-4,8,11H,5H2. The summed E-state index contributed by atoms with van der Waals surface area (Å²) in [5.74, 6) is -0.934. The highest BCUT2D eigenvalue weighted by Crippen LogP contribution is 2.35. The molecule has 0 aliphatic carbocycles. The maximum Gasteiger partial charge on any atom is 0.327 e. The van der Waals surface area contributed by atoms with Gasteiger partial charge in [0.15, 0.2) is 0 Å². The minimum absolute atomic E-state index is 0.0673. The normalized spacial score (nSPS) is 20.4. The number of carbonyl (C=O) groups excluding carboxylic acids is 2. The van der Waals surface area contributed by atoms with Gasteiger partial charge in [0.2, 0.25) is 0 Å². The van der Waals surface area contributed by atoms with Gasteiger partial charge in [-0.2, -0.15) is 0 Å². The number of thioether (sulfide) groups is 1. The van der Waals surface area contributed by atoms with E-state index in [1.165, 1.54) is 6.07 Å². The summed E-state index contributed by atoms with van der Waals surface area (Å²) in [5.41, 5.74) is 0. The maximum atomic E-state index is 11.2. The molecule has 0 bridgehead atoms. The van der Waals surface area contributed by atoms with Crippen molar-refractivity contribution < 1.29 is 19.4 Å². The van der Waals surface area contributed by atoms with E-state index in [1.807, 2.05) is 0 Å². The summed E-state index contributed by atoms with van der Waals surface area (Å²) < 4.78 is 4.41. The Balaban J connectivity index is 2.13. The number of esters is 2. The number of para-hydroxylation sites is 1. The monoisotopic (exact) mass is 224 g/mol. The van der Waals surface area contributed by atoms with Crippen LogP contribution in [0.3, 0.4) is 0 Å². The Labute approximate surface area is 90.2 Å². The molecular formula is C10H8O4S. The van der Waals surface area contributed by atoms with Crippen molar-refractivity contribution in [1.29, 1.82) is 0 Å². The molecule has 0 aromatic heterocycles. The van der Waals surface area contributed by atoms with Gasteiger partial charge in [0.05, 0.1) is 6.42 Å². The van der Waals surface area contributed by atoms with Gasteiger partial charge < -0.3 is 9.84 Å². The Hall–Kier alpha value is -1.49. The Morgan fingerprint density at radius 3 is 2.67 bits per heavy atom. The average molecular weight is 224 g/mol. The van der Waals surface area contributed by atoms with E-state index in [-0.39, 0.29) is 12.2 Å². The third-order valence-corrected chi connectivity index (χ3v) is 3.21. The van der Waals surface area contributed by atoms with Gasteiger partial charge in [0.1, 0.15) is 11.0 Å². The van der Waals surface area contributed by atoms with Crippen LogP contribution in [-0.4, -0.2) is 22.3 Å². The Bertz CT molecular complexity index is 416. The molecule has 1 N–H and O–H groups in total. The highest BCUT2D eigenvalue weighted by atomic mass is 32.2. The topological polar surface area (TPSA) is 63.6 Å². The van der Waals surface area contributed by atoms with Crippen molar-refractivity contribution in [1.82, 2.24) is 0 Å². The van der Waals surface area contributed by atoms with Crippen LogP contribution in [-0.2, 0) is 14.3 Å². The zero-order chi connectivity index (χ0) is 10.8. The van der Waals surface area contributed by atoms with Crippen molar-refractivity contribution in [2.24, 2.45) is 0 Å². The molecule has 1 unspecified atom stereocenters. The number of cyclic esters (lactones) is 2.